The predicted octanol–water partition coefficient (Wildman–Crippen LogP) is 4.70. The molecule has 0 aliphatic carbocycles. The molecule has 0 saturated heterocycles. The minimum absolute atomic E-state index is 0.163. The first-order valence-corrected chi connectivity index (χ1v) is 9.80. The molecule has 1 N–H and O–H groups in total. The van der Waals surface area contributed by atoms with Crippen LogP contribution in [0.5, 0.6) is 0 Å². The second-order valence-corrected chi connectivity index (χ2v) is 8.21. The number of aryl methyl sites for hydroxylation is 1. The normalized spacial score (nSPS) is 11.6. The second-order valence-electron chi connectivity index (χ2n) is 5.12. The van der Waals surface area contributed by atoms with Gasteiger partial charge in [0.2, 0.25) is 10.0 Å². The quantitative estimate of drug-likeness (QED) is 0.694. The fourth-order valence-electron chi connectivity index (χ4n) is 2.07. The maximum atomic E-state index is 12.1. The van der Waals surface area contributed by atoms with Crippen molar-refractivity contribution in [3.05, 3.63) is 68.7 Å². The SMILES string of the molecule is O=S(=O)(Cc1ccc(Cl)cc1Cl)NCCCc1ccc(Cl)cc1. The van der Waals surface area contributed by atoms with Crippen LogP contribution in [0, 0.1) is 0 Å². The molecule has 0 saturated carbocycles. The lowest BCUT2D eigenvalue weighted by molar-refractivity contribution is 0.578. The maximum absolute atomic E-state index is 12.1. The van der Waals surface area contributed by atoms with Gasteiger partial charge in [-0.25, -0.2) is 13.1 Å². The Morgan fingerprint density at radius 1 is 0.913 bits per heavy atom. The number of sulfonamides is 1. The number of hydrogen-bond acceptors (Lipinski definition) is 2. The molecule has 2 rings (SSSR count). The van der Waals surface area contributed by atoms with E-state index < -0.39 is 10.0 Å². The van der Waals surface area contributed by atoms with E-state index in [9.17, 15) is 8.42 Å². The average molecular weight is 393 g/mol. The van der Waals surface area contributed by atoms with Crippen LogP contribution in [0.1, 0.15) is 17.5 Å². The number of halogens is 3. The van der Waals surface area contributed by atoms with E-state index >= 15 is 0 Å². The van der Waals surface area contributed by atoms with E-state index in [2.05, 4.69) is 4.72 Å². The van der Waals surface area contributed by atoms with Crippen LogP contribution in [0.2, 0.25) is 15.1 Å². The summed E-state index contributed by atoms with van der Waals surface area (Å²) in [5.41, 5.74) is 1.65. The zero-order valence-corrected chi connectivity index (χ0v) is 15.3. The fraction of sp³-hybridized carbons (Fsp3) is 0.250. The van der Waals surface area contributed by atoms with Crippen molar-refractivity contribution in [1.82, 2.24) is 4.72 Å². The Hall–Kier alpha value is -0.780. The first kappa shape index (κ1) is 18.6. The summed E-state index contributed by atoms with van der Waals surface area (Å²) in [6, 6.07) is 12.3. The van der Waals surface area contributed by atoms with Crippen molar-refractivity contribution in [3.63, 3.8) is 0 Å². The third-order valence-corrected chi connectivity index (χ3v) is 5.41. The number of nitrogens with one attached hydrogen (secondary N) is 1. The largest absolute Gasteiger partial charge is 0.215 e. The molecule has 0 aliphatic rings. The van der Waals surface area contributed by atoms with Crippen LogP contribution in [0.4, 0.5) is 0 Å². The third-order valence-electron chi connectivity index (χ3n) is 3.24. The summed E-state index contributed by atoms with van der Waals surface area (Å²) >= 11 is 17.6. The van der Waals surface area contributed by atoms with Gasteiger partial charge in [-0.05, 0) is 48.2 Å². The molecule has 0 amide bonds. The Labute approximate surface area is 151 Å². The van der Waals surface area contributed by atoms with Gasteiger partial charge < -0.3 is 0 Å². The number of benzene rings is 2. The van der Waals surface area contributed by atoms with Gasteiger partial charge >= 0.3 is 0 Å². The first-order valence-electron chi connectivity index (χ1n) is 7.01. The number of hydrogen-bond donors (Lipinski definition) is 1. The summed E-state index contributed by atoms with van der Waals surface area (Å²) in [5, 5.41) is 1.52. The van der Waals surface area contributed by atoms with E-state index in [0.717, 1.165) is 12.0 Å². The van der Waals surface area contributed by atoms with Crippen molar-refractivity contribution in [3.8, 4) is 0 Å². The van der Waals surface area contributed by atoms with E-state index in [1.807, 2.05) is 24.3 Å². The summed E-state index contributed by atoms with van der Waals surface area (Å²) < 4.78 is 26.7. The molecule has 2 aromatic carbocycles. The highest BCUT2D eigenvalue weighted by molar-refractivity contribution is 7.88. The molecule has 2 aromatic rings. The van der Waals surface area contributed by atoms with Crippen LogP contribution in [0.3, 0.4) is 0 Å². The van der Waals surface area contributed by atoms with E-state index in [4.69, 9.17) is 34.8 Å². The summed E-state index contributed by atoms with van der Waals surface area (Å²) in [6.07, 6.45) is 1.48. The first-order chi connectivity index (χ1) is 10.9. The van der Waals surface area contributed by atoms with Crippen molar-refractivity contribution in [1.29, 1.82) is 0 Å². The summed E-state index contributed by atoms with van der Waals surface area (Å²) in [4.78, 5) is 0. The summed E-state index contributed by atoms with van der Waals surface area (Å²) in [5.74, 6) is -0.163. The van der Waals surface area contributed by atoms with Gasteiger partial charge in [0.1, 0.15) is 0 Å². The average Bonchev–Trinajstić information content (AvgIpc) is 2.48. The van der Waals surface area contributed by atoms with Crippen LogP contribution >= 0.6 is 34.8 Å². The zero-order chi connectivity index (χ0) is 16.9. The van der Waals surface area contributed by atoms with Crippen LogP contribution in [0.25, 0.3) is 0 Å². The summed E-state index contributed by atoms with van der Waals surface area (Å²) in [7, 11) is -3.43. The molecular weight excluding hydrogens is 377 g/mol. The number of rotatable bonds is 7. The Balaban J connectivity index is 1.83. The molecule has 3 nitrogen and oxygen atoms in total. The van der Waals surface area contributed by atoms with Gasteiger partial charge in [0.15, 0.2) is 0 Å². The van der Waals surface area contributed by atoms with Gasteiger partial charge in [-0.15, -0.1) is 0 Å². The van der Waals surface area contributed by atoms with E-state index in [-0.39, 0.29) is 5.75 Å². The standard InChI is InChI=1S/C16H16Cl3NO2S/c17-14-6-3-12(4-7-14)2-1-9-20-23(21,22)11-13-5-8-15(18)10-16(13)19/h3-8,10,20H,1-2,9,11H2. The monoisotopic (exact) mass is 391 g/mol. The Kier molecular flexibility index (Phi) is 6.74. The molecule has 0 unspecified atom stereocenters. The zero-order valence-electron chi connectivity index (χ0n) is 12.2. The lowest BCUT2D eigenvalue weighted by Gasteiger charge is -2.08. The molecule has 7 heteroatoms. The Bertz CT molecular complexity index is 761. The smallest absolute Gasteiger partial charge is 0.215 e. The second kappa shape index (κ2) is 8.36. The van der Waals surface area contributed by atoms with Gasteiger partial charge in [0.25, 0.3) is 0 Å². The van der Waals surface area contributed by atoms with Gasteiger partial charge in [0.05, 0.1) is 5.75 Å². The minimum atomic E-state index is -3.43. The molecule has 0 aromatic heterocycles. The molecule has 0 bridgehead atoms. The van der Waals surface area contributed by atoms with Gasteiger partial charge in [-0.2, -0.15) is 0 Å². The highest BCUT2D eigenvalue weighted by Crippen LogP contribution is 2.22. The molecule has 0 fully saturated rings. The molecule has 0 aliphatic heterocycles. The highest BCUT2D eigenvalue weighted by atomic mass is 35.5. The Morgan fingerprint density at radius 3 is 2.22 bits per heavy atom. The van der Waals surface area contributed by atoms with Crippen molar-refractivity contribution in [2.45, 2.75) is 18.6 Å². The lowest BCUT2D eigenvalue weighted by atomic mass is 10.1. The van der Waals surface area contributed by atoms with Crippen molar-refractivity contribution < 1.29 is 8.42 Å². The van der Waals surface area contributed by atoms with Gasteiger partial charge in [-0.3, -0.25) is 0 Å². The molecule has 0 spiro atoms. The van der Waals surface area contributed by atoms with Gasteiger partial charge in [0, 0.05) is 21.6 Å². The maximum Gasteiger partial charge on any atom is 0.215 e. The van der Waals surface area contributed by atoms with E-state index in [0.29, 0.717) is 33.6 Å². The molecule has 124 valence electrons. The van der Waals surface area contributed by atoms with E-state index in [1.54, 1.807) is 12.1 Å². The molecular formula is C16H16Cl3NO2S. The fourth-order valence-corrected chi connectivity index (χ4v) is 3.96. The highest BCUT2D eigenvalue weighted by Gasteiger charge is 2.13. The Morgan fingerprint density at radius 2 is 1.57 bits per heavy atom. The third kappa shape index (κ3) is 6.32. The van der Waals surface area contributed by atoms with Gasteiger partial charge in [-0.1, -0.05) is 53.0 Å². The molecule has 0 radical (unpaired) electrons. The molecule has 23 heavy (non-hydrogen) atoms. The predicted molar refractivity (Wildman–Crippen MR) is 96.9 cm³/mol. The van der Waals surface area contributed by atoms with Crippen molar-refractivity contribution in [2.24, 2.45) is 0 Å². The van der Waals surface area contributed by atoms with Crippen molar-refractivity contribution >= 4 is 44.8 Å². The van der Waals surface area contributed by atoms with Crippen molar-refractivity contribution in [2.75, 3.05) is 6.54 Å². The molecule has 0 heterocycles. The lowest BCUT2D eigenvalue weighted by Crippen LogP contribution is -2.26. The molecule has 0 atom stereocenters. The topological polar surface area (TPSA) is 46.2 Å². The summed E-state index contributed by atoms with van der Waals surface area (Å²) in [6.45, 7) is 0.371. The van der Waals surface area contributed by atoms with Crippen LogP contribution < -0.4 is 4.72 Å². The van der Waals surface area contributed by atoms with Crippen LogP contribution in [0.15, 0.2) is 42.5 Å². The minimum Gasteiger partial charge on any atom is -0.215 e. The van der Waals surface area contributed by atoms with Crippen LogP contribution in [-0.2, 0) is 22.2 Å². The van der Waals surface area contributed by atoms with Crippen LogP contribution in [-0.4, -0.2) is 15.0 Å². The van der Waals surface area contributed by atoms with E-state index in [1.165, 1.54) is 6.07 Å².